The predicted molar refractivity (Wildman–Crippen MR) is 81.1 cm³/mol. The Kier molecular flexibility index (Phi) is 5.08. The van der Waals surface area contributed by atoms with Crippen LogP contribution in [0.15, 0.2) is 24.3 Å². The average Bonchev–Trinajstić information content (AvgIpc) is 2.64. The zero-order valence-corrected chi connectivity index (χ0v) is 12.4. The molecule has 1 fully saturated rings. The third-order valence-electron chi connectivity index (χ3n) is 3.94. The average molecular weight is 262 g/mol. The summed E-state index contributed by atoms with van der Waals surface area (Å²) in [6, 6.07) is 8.83. The van der Waals surface area contributed by atoms with Gasteiger partial charge in [-0.2, -0.15) is 0 Å². The molecule has 0 aliphatic heterocycles. The molecule has 0 saturated heterocycles. The zero-order chi connectivity index (χ0) is 13.7. The number of anilines is 1. The fraction of sp³-hybridized carbons (Fsp3) is 0.625. The Labute approximate surface area is 116 Å². The molecule has 1 aliphatic carbocycles. The van der Waals surface area contributed by atoms with Crippen molar-refractivity contribution in [3.05, 3.63) is 24.3 Å². The van der Waals surface area contributed by atoms with E-state index in [0.29, 0.717) is 12.1 Å². The van der Waals surface area contributed by atoms with Crippen LogP contribution in [0.5, 0.6) is 5.75 Å². The van der Waals surface area contributed by atoms with E-state index in [1.165, 1.54) is 31.4 Å². The van der Waals surface area contributed by atoms with Crippen molar-refractivity contribution in [2.24, 2.45) is 0 Å². The Morgan fingerprint density at radius 3 is 2.68 bits per heavy atom. The SMILES string of the molecule is CNC1CCCCCC1Oc1cccc(N(C)C)c1. The summed E-state index contributed by atoms with van der Waals surface area (Å²) in [7, 11) is 6.16. The highest BCUT2D eigenvalue weighted by molar-refractivity contribution is 5.49. The summed E-state index contributed by atoms with van der Waals surface area (Å²) in [4.78, 5) is 2.11. The van der Waals surface area contributed by atoms with Crippen molar-refractivity contribution in [1.29, 1.82) is 0 Å². The molecule has 0 radical (unpaired) electrons. The third kappa shape index (κ3) is 3.87. The second-order valence-corrected chi connectivity index (χ2v) is 5.58. The maximum atomic E-state index is 6.24. The minimum atomic E-state index is 0.296. The molecule has 1 saturated carbocycles. The molecule has 3 nitrogen and oxygen atoms in total. The van der Waals surface area contributed by atoms with Crippen molar-refractivity contribution < 1.29 is 4.74 Å². The van der Waals surface area contributed by atoms with Crippen LogP contribution < -0.4 is 15.0 Å². The molecule has 3 heteroatoms. The van der Waals surface area contributed by atoms with E-state index in [0.717, 1.165) is 12.2 Å². The van der Waals surface area contributed by atoms with Crippen LogP contribution in [0.2, 0.25) is 0 Å². The van der Waals surface area contributed by atoms with Crippen molar-refractivity contribution in [2.75, 3.05) is 26.0 Å². The fourth-order valence-corrected chi connectivity index (χ4v) is 2.75. The summed E-state index contributed by atoms with van der Waals surface area (Å²) in [6.45, 7) is 0. The van der Waals surface area contributed by atoms with Crippen molar-refractivity contribution >= 4 is 5.69 Å². The molecule has 1 aromatic carbocycles. The molecular weight excluding hydrogens is 236 g/mol. The monoisotopic (exact) mass is 262 g/mol. The number of likely N-dealkylation sites (N-methyl/N-ethyl adjacent to an activating group) is 1. The Morgan fingerprint density at radius 1 is 1.16 bits per heavy atom. The predicted octanol–water partition coefficient (Wildman–Crippen LogP) is 3.05. The maximum absolute atomic E-state index is 6.24. The topological polar surface area (TPSA) is 24.5 Å². The Morgan fingerprint density at radius 2 is 1.95 bits per heavy atom. The molecule has 2 rings (SSSR count). The van der Waals surface area contributed by atoms with Gasteiger partial charge in [0.25, 0.3) is 0 Å². The van der Waals surface area contributed by atoms with Gasteiger partial charge in [0.05, 0.1) is 0 Å². The molecule has 2 unspecified atom stereocenters. The first-order chi connectivity index (χ1) is 9.20. The van der Waals surface area contributed by atoms with Crippen LogP contribution in [0, 0.1) is 0 Å². The van der Waals surface area contributed by atoms with Crippen molar-refractivity contribution in [3.8, 4) is 5.75 Å². The van der Waals surface area contributed by atoms with Gasteiger partial charge in [0.1, 0.15) is 11.9 Å². The highest BCUT2D eigenvalue weighted by Crippen LogP contribution is 2.25. The van der Waals surface area contributed by atoms with Crippen LogP contribution >= 0.6 is 0 Å². The van der Waals surface area contributed by atoms with Gasteiger partial charge in [0.15, 0.2) is 0 Å². The van der Waals surface area contributed by atoms with Gasteiger partial charge in [-0.15, -0.1) is 0 Å². The molecule has 2 atom stereocenters. The molecule has 19 heavy (non-hydrogen) atoms. The summed E-state index contributed by atoms with van der Waals surface area (Å²) < 4.78 is 6.24. The van der Waals surface area contributed by atoms with Crippen molar-refractivity contribution in [2.45, 2.75) is 44.2 Å². The van der Waals surface area contributed by atoms with E-state index in [1.807, 2.05) is 7.05 Å². The highest BCUT2D eigenvalue weighted by Gasteiger charge is 2.23. The first-order valence-corrected chi connectivity index (χ1v) is 7.32. The first-order valence-electron chi connectivity index (χ1n) is 7.32. The van der Waals surface area contributed by atoms with Gasteiger partial charge in [-0.3, -0.25) is 0 Å². The van der Waals surface area contributed by atoms with Gasteiger partial charge in [-0.25, -0.2) is 0 Å². The molecular formula is C16H26N2O. The third-order valence-corrected chi connectivity index (χ3v) is 3.94. The summed E-state index contributed by atoms with van der Waals surface area (Å²) >= 11 is 0. The molecule has 1 N–H and O–H groups in total. The summed E-state index contributed by atoms with van der Waals surface area (Å²) in [5.41, 5.74) is 1.19. The number of hydrogen-bond acceptors (Lipinski definition) is 3. The first kappa shape index (κ1) is 14.2. The summed E-state index contributed by atoms with van der Waals surface area (Å²) in [6.07, 6.45) is 6.58. The molecule has 1 aromatic rings. The minimum Gasteiger partial charge on any atom is -0.489 e. The lowest BCUT2D eigenvalue weighted by Crippen LogP contribution is -2.40. The lowest BCUT2D eigenvalue weighted by Gasteiger charge is -2.26. The largest absolute Gasteiger partial charge is 0.489 e. The van der Waals surface area contributed by atoms with Crippen LogP contribution in [-0.4, -0.2) is 33.3 Å². The van der Waals surface area contributed by atoms with Gasteiger partial charge in [0.2, 0.25) is 0 Å². The van der Waals surface area contributed by atoms with Gasteiger partial charge in [-0.1, -0.05) is 18.9 Å². The van der Waals surface area contributed by atoms with Crippen LogP contribution in [0.1, 0.15) is 32.1 Å². The van der Waals surface area contributed by atoms with Crippen molar-refractivity contribution in [3.63, 3.8) is 0 Å². The lowest BCUT2D eigenvalue weighted by molar-refractivity contribution is 0.149. The standard InChI is InChI=1S/C16H26N2O/c1-17-15-10-5-4-6-11-16(15)19-14-9-7-8-13(12-14)18(2)3/h7-9,12,15-17H,4-6,10-11H2,1-3H3. The van der Waals surface area contributed by atoms with Crippen LogP contribution in [0.4, 0.5) is 5.69 Å². The van der Waals surface area contributed by atoms with E-state index in [-0.39, 0.29) is 0 Å². The van der Waals surface area contributed by atoms with E-state index >= 15 is 0 Å². The maximum Gasteiger partial charge on any atom is 0.121 e. The second-order valence-electron chi connectivity index (χ2n) is 5.58. The molecule has 1 aliphatic rings. The minimum absolute atomic E-state index is 0.296. The number of nitrogens with zero attached hydrogens (tertiary/aromatic N) is 1. The fourth-order valence-electron chi connectivity index (χ4n) is 2.75. The highest BCUT2D eigenvalue weighted by atomic mass is 16.5. The van der Waals surface area contributed by atoms with Gasteiger partial charge >= 0.3 is 0 Å². The Bertz CT molecular complexity index is 392. The Hall–Kier alpha value is -1.22. The number of rotatable bonds is 4. The second kappa shape index (κ2) is 6.80. The molecule has 0 spiro atoms. The van der Waals surface area contributed by atoms with Crippen LogP contribution in [-0.2, 0) is 0 Å². The molecule has 0 amide bonds. The quantitative estimate of drug-likeness (QED) is 0.844. The van der Waals surface area contributed by atoms with E-state index < -0.39 is 0 Å². The van der Waals surface area contributed by atoms with E-state index in [1.54, 1.807) is 0 Å². The van der Waals surface area contributed by atoms with E-state index in [2.05, 4.69) is 48.6 Å². The molecule has 0 bridgehead atoms. The molecule has 106 valence electrons. The number of nitrogens with one attached hydrogen (secondary N) is 1. The van der Waals surface area contributed by atoms with Crippen LogP contribution in [0.3, 0.4) is 0 Å². The Balaban J connectivity index is 2.07. The van der Waals surface area contributed by atoms with E-state index in [9.17, 15) is 0 Å². The normalized spacial score (nSPS) is 23.7. The number of ether oxygens (including phenoxy) is 1. The van der Waals surface area contributed by atoms with Crippen molar-refractivity contribution in [1.82, 2.24) is 5.32 Å². The number of hydrogen-bond donors (Lipinski definition) is 1. The van der Waals surface area contributed by atoms with Crippen LogP contribution in [0.25, 0.3) is 0 Å². The van der Waals surface area contributed by atoms with E-state index in [4.69, 9.17) is 4.74 Å². The van der Waals surface area contributed by atoms with Gasteiger partial charge in [-0.05, 0) is 38.4 Å². The lowest BCUT2D eigenvalue weighted by atomic mass is 10.1. The summed E-state index contributed by atoms with van der Waals surface area (Å²) in [5.74, 6) is 0.985. The molecule has 0 heterocycles. The molecule has 0 aromatic heterocycles. The van der Waals surface area contributed by atoms with Gasteiger partial charge in [0, 0.05) is 31.9 Å². The smallest absolute Gasteiger partial charge is 0.121 e. The zero-order valence-electron chi connectivity index (χ0n) is 12.4. The number of benzene rings is 1. The summed E-state index contributed by atoms with van der Waals surface area (Å²) in [5, 5.41) is 3.42. The van der Waals surface area contributed by atoms with Gasteiger partial charge < -0.3 is 15.0 Å².